The molecular weight excluding hydrogens is 348 g/mol. The van der Waals surface area contributed by atoms with E-state index in [0.717, 1.165) is 24.9 Å². The summed E-state index contributed by atoms with van der Waals surface area (Å²) in [4.78, 5) is 2.53. The minimum Gasteiger partial charge on any atom is -0.508 e. The Bertz CT molecular complexity index is 929. The Morgan fingerprint density at radius 1 is 1.19 bits per heavy atom. The standard InChI is InChI=1S/C20H24N2O3S/c1-20-10-11-22(2)18(12-14-8-9-15(23)13-17(14)20)19(20)21-26(24,25)16-6-4-3-5-7-16/h3-9,13,18-19,21,23H,10-12H2,1-2H3/t18-,19+,20-/m1/s1. The number of nitrogens with zero attached hydrogens (tertiary/aromatic N) is 1. The van der Waals surface area contributed by atoms with Crippen molar-refractivity contribution in [2.24, 2.45) is 0 Å². The molecule has 1 saturated heterocycles. The third-order valence-corrected chi connectivity index (χ3v) is 7.55. The predicted octanol–water partition coefficient (Wildman–Crippen LogP) is 2.26. The fourth-order valence-electron chi connectivity index (χ4n) is 4.53. The molecular formula is C20H24N2O3S. The Morgan fingerprint density at radius 3 is 2.65 bits per heavy atom. The lowest BCUT2D eigenvalue weighted by molar-refractivity contribution is 0.0777. The van der Waals surface area contributed by atoms with Crippen molar-refractivity contribution < 1.29 is 13.5 Å². The molecule has 0 saturated carbocycles. The van der Waals surface area contributed by atoms with Gasteiger partial charge < -0.3 is 10.0 Å². The average molecular weight is 372 g/mol. The molecule has 26 heavy (non-hydrogen) atoms. The van der Waals surface area contributed by atoms with Crippen LogP contribution < -0.4 is 4.72 Å². The number of benzene rings is 2. The smallest absolute Gasteiger partial charge is 0.240 e. The van der Waals surface area contributed by atoms with Gasteiger partial charge >= 0.3 is 0 Å². The fourth-order valence-corrected chi connectivity index (χ4v) is 5.93. The first-order chi connectivity index (χ1) is 12.3. The highest BCUT2D eigenvalue weighted by Crippen LogP contribution is 2.45. The predicted molar refractivity (Wildman–Crippen MR) is 101 cm³/mol. The van der Waals surface area contributed by atoms with E-state index in [-0.39, 0.29) is 28.1 Å². The van der Waals surface area contributed by atoms with Crippen molar-refractivity contribution in [3.8, 4) is 5.75 Å². The molecule has 0 aromatic heterocycles. The Hall–Kier alpha value is -1.89. The van der Waals surface area contributed by atoms with Crippen molar-refractivity contribution in [1.82, 2.24) is 9.62 Å². The maximum absolute atomic E-state index is 13.0. The van der Waals surface area contributed by atoms with E-state index in [2.05, 4.69) is 23.6 Å². The van der Waals surface area contributed by atoms with Crippen molar-refractivity contribution in [3.05, 3.63) is 59.7 Å². The molecule has 0 spiro atoms. The van der Waals surface area contributed by atoms with Gasteiger partial charge in [0.25, 0.3) is 0 Å². The third-order valence-electron chi connectivity index (χ3n) is 6.09. The molecule has 1 aliphatic heterocycles. The Kier molecular flexibility index (Phi) is 4.10. The van der Waals surface area contributed by atoms with Gasteiger partial charge in [0.15, 0.2) is 0 Å². The van der Waals surface area contributed by atoms with E-state index in [1.54, 1.807) is 36.4 Å². The summed E-state index contributed by atoms with van der Waals surface area (Å²) in [6.07, 6.45) is 1.60. The van der Waals surface area contributed by atoms with Gasteiger partial charge in [-0.3, -0.25) is 0 Å². The molecule has 1 fully saturated rings. The number of fused-ring (bicyclic) bond motifs is 4. The van der Waals surface area contributed by atoms with Crippen LogP contribution in [0.25, 0.3) is 0 Å². The maximum atomic E-state index is 13.0. The van der Waals surface area contributed by atoms with Gasteiger partial charge in [-0.25, -0.2) is 13.1 Å². The van der Waals surface area contributed by atoms with Crippen LogP contribution in [0, 0.1) is 0 Å². The molecule has 1 heterocycles. The number of sulfonamides is 1. The van der Waals surface area contributed by atoms with Crippen molar-refractivity contribution in [2.45, 2.75) is 42.2 Å². The van der Waals surface area contributed by atoms with E-state index < -0.39 is 10.0 Å². The van der Waals surface area contributed by atoms with Gasteiger partial charge in [-0.05, 0) is 61.8 Å². The molecule has 1 aliphatic carbocycles. The van der Waals surface area contributed by atoms with Crippen molar-refractivity contribution >= 4 is 10.0 Å². The molecule has 6 heteroatoms. The molecule has 2 aromatic rings. The minimum absolute atomic E-state index is 0.0873. The van der Waals surface area contributed by atoms with Crippen LogP contribution in [0.2, 0.25) is 0 Å². The van der Waals surface area contributed by atoms with E-state index >= 15 is 0 Å². The molecule has 2 aromatic carbocycles. The average Bonchev–Trinajstić information content (AvgIpc) is 2.62. The SMILES string of the molecule is CN1CC[C@]2(C)c3cc(O)ccc3C[C@@H]1[C@@H]2NS(=O)(=O)c1ccccc1. The summed E-state index contributed by atoms with van der Waals surface area (Å²) in [7, 11) is -1.56. The van der Waals surface area contributed by atoms with Crippen LogP contribution >= 0.6 is 0 Å². The second kappa shape index (κ2) is 6.08. The van der Waals surface area contributed by atoms with Crippen molar-refractivity contribution in [2.75, 3.05) is 13.6 Å². The number of hydrogen-bond acceptors (Lipinski definition) is 4. The topological polar surface area (TPSA) is 69.6 Å². The summed E-state index contributed by atoms with van der Waals surface area (Å²) in [5.41, 5.74) is 1.89. The summed E-state index contributed by atoms with van der Waals surface area (Å²) in [6.45, 7) is 3.02. The minimum atomic E-state index is -3.62. The van der Waals surface area contributed by atoms with Crippen LogP contribution in [-0.4, -0.2) is 44.1 Å². The Balaban J connectivity index is 1.78. The highest BCUT2D eigenvalue weighted by molar-refractivity contribution is 7.89. The third kappa shape index (κ3) is 2.73. The summed E-state index contributed by atoms with van der Waals surface area (Å²) in [5, 5.41) is 10.00. The molecule has 138 valence electrons. The molecule has 4 rings (SSSR count). The van der Waals surface area contributed by atoms with Crippen molar-refractivity contribution in [3.63, 3.8) is 0 Å². The number of nitrogens with one attached hydrogen (secondary N) is 1. The molecule has 2 bridgehead atoms. The quantitative estimate of drug-likeness (QED) is 0.867. The number of rotatable bonds is 3. The summed E-state index contributed by atoms with van der Waals surface area (Å²) < 4.78 is 29.0. The van der Waals surface area contributed by atoms with Crippen LogP contribution in [-0.2, 0) is 21.9 Å². The van der Waals surface area contributed by atoms with Gasteiger partial charge in [-0.2, -0.15) is 0 Å². The molecule has 0 amide bonds. The van der Waals surface area contributed by atoms with Crippen LogP contribution in [0.4, 0.5) is 0 Å². The summed E-state index contributed by atoms with van der Waals surface area (Å²) in [6, 6.07) is 13.8. The van der Waals surface area contributed by atoms with Gasteiger partial charge in [0.05, 0.1) is 4.90 Å². The lowest BCUT2D eigenvalue weighted by Gasteiger charge is -2.54. The monoisotopic (exact) mass is 372 g/mol. The van der Waals surface area contributed by atoms with E-state index in [1.807, 2.05) is 12.1 Å². The lowest BCUT2D eigenvalue weighted by Crippen LogP contribution is -2.66. The van der Waals surface area contributed by atoms with Crippen LogP contribution in [0.3, 0.4) is 0 Å². The molecule has 5 nitrogen and oxygen atoms in total. The second-order valence-electron chi connectivity index (χ2n) is 7.67. The van der Waals surface area contributed by atoms with Crippen LogP contribution in [0.1, 0.15) is 24.5 Å². The van der Waals surface area contributed by atoms with Gasteiger partial charge in [0, 0.05) is 17.5 Å². The second-order valence-corrected chi connectivity index (χ2v) is 9.39. The van der Waals surface area contributed by atoms with Gasteiger partial charge in [-0.15, -0.1) is 0 Å². The number of hydrogen-bond donors (Lipinski definition) is 2. The summed E-state index contributed by atoms with van der Waals surface area (Å²) in [5.74, 6) is 0.229. The number of likely N-dealkylation sites (N-methyl/N-ethyl adjacent to an activating group) is 1. The summed E-state index contributed by atoms with van der Waals surface area (Å²) >= 11 is 0. The number of phenolic OH excluding ortho intramolecular Hbond substituents is 1. The molecule has 0 unspecified atom stereocenters. The Morgan fingerprint density at radius 2 is 1.92 bits per heavy atom. The highest BCUT2D eigenvalue weighted by Gasteiger charge is 2.51. The first kappa shape index (κ1) is 17.5. The van der Waals surface area contributed by atoms with Gasteiger partial charge in [-0.1, -0.05) is 31.2 Å². The number of phenols is 1. The zero-order chi connectivity index (χ0) is 18.5. The van der Waals surface area contributed by atoms with Gasteiger partial charge in [0.2, 0.25) is 10.0 Å². The highest BCUT2D eigenvalue weighted by atomic mass is 32.2. The number of piperidine rings is 1. The van der Waals surface area contributed by atoms with Crippen LogP contribution in [0.15, 0.2) is 53.4 Å². The van der Waals surface area contributed by atoms with E-state index in [9.17, 15) is 13.5 Å². The Labute approximate surface area is 154 Å². The molecule has 2 N–H and O–H groups in total. The van der Waals surface area contributed by atoms with Crippen LogP contribution in [0.5, 0.6) is 5.75 Å². The maximum Gasteiger partial charge on any atom is 0.240 e. The normalized spacial score (nSPS) is 28.5. The zero-order valence-electron chi connectivity index (χ0n) is 15.0. The zero-order valence-corrected chi connectivity index (χ0v) is 15.8. The first-order valence-electron chi connectivity index (χ1n) is 8.91. The molecule has 2 aliphatic rings. The van der Waals surface area contributed by atoms with E-state index in [0.29, 0.717) is 0 Å². The molecule has 0 radical (unpaired) electrons. The molecule has 3 atom stereocenters. The number of likely N-dealkylation sites (tertiary alicyclic amines) is 1. The number of aromatic hydroxyl groups is 1. The van der Waals surface area contributed by atoms with Crippen molar-refractivity contribution in [1.29, 1.82) is 0 Å². The fraction of sp³-hybridized carbons (Fsp3) is 0.400. The first-order valence-corrected chi connectivity index (χ1v) is 10.4. The van der Waals surface area contributed by atoms with Gasteiger partial charge in [0.1, 0.15) is 5.75 Å². The van der Waals surface area contributed by atoms with E-state index in [1.165, 1.54) is 5.56 Å². The van der Waals surface area contributed by atoms with E-state index in [4.69, 9.17) is 0 Å². The lowest BCUT2D eigenvalue weighted by atomic mass is 9.62. The largest absolute Gasteiger partial charge is 0.508 e.